The summed E-state index contributed by atoms with van der Waals surface area (Å²) in [7, 11) is -3.92. The molecule has 0 aliphatic carbocycles. The highest BCUT2D eigenvalue weighted by Gasteiger charge is 2.17. The van der Waals surface area contributed by atoms with Gasteiger partial charge < -0.3 is 10.1 Å². The van der Waals surface area contributed by atoms with Crippen molar-refractivity contribution in [2.45, 2.75) is 24.8 Å². The van der Waals surface area contributed by atoms with Gasteiger partial charge in [0.25, 0.3) is 15.9 Å². The van der Waals surface area contributed by atoms with E-state index in [0.717, 1.165) is 6.92 Å². The summed E-state index contributed by atoms with van der Waals surface area (Å²) < 4.78 is 31.1. The lowest BCUT2D eigenvalue weighted by molar-refractivity contribution is -0.122. The average molecular weight is 397 g/mol. The molecule has 26 heavy (non-hydrogen) atoms. The lowest BCUT2D eigenvalue weighted by atomic mass is 10.3. The number of carbonyl (C=O) groups is 2. The third-order valence-corrected chi connectivity index (χ3v) is 4.87. The summed E-state index contributed by atoms with van der Waals surface area (Å²) in [6.07, 6.45) is -0.795. The van der Waals surface area contributed by atoms with Gasteiger partial charge >= 0.3 is 0 Å². The number of sulfonamides is 1. The monoisotopic (exact) mass is 396 g/mol. The first-order valence-corrected chi connectivity index (χ1v) is 9.40. The van der Waals surface area contributed by atoms with E-state index in [1.54, 1.807) is 31.2 Å². The lowest BCUT2D eigenvalue weighted by Crippen LogP contribution is -2.30. The summed E-state index contributed by atoms with van der Waals surface area (Å²) in [5, 5.41) is 3.11. The van der Waals surface area contributed by atoms with Crippen molar-refractivity contribution in [3.05, 3.63) is 53.6 Å². The van der Waals surface area contributed by atoms with E-state index in [9.17, 15) is 18.0 Å². The molecule has 0 aliphatic rings. The van der Waals surface area contributed by atoms with Gasteiger partial charge in [-0.2, -0.15) is 0 Å². The van der Waals surface area contributed by atoms with E-state index >= 15 is 0 Å². The van der Waals surface area contributed by atoms with Crippen LogP contribution >= 0.6 is 11.6 Å². The number of rotatable bonds is 6. The van der Waals surface area contributed by atoms with Gasteiger partial charge in [0.2, 0.25) is 5.91 Å². The first kappa shape index (κ1) is 19.7. The second kappa shape index (κ2) is 8.20. The molecule has 0 heterocycles. The Kier molecular flexibility index (Phi) is 6.23. The molecule has 2 aromatic carbocycles. The maximum Gasteiger partial charge on any atom is 0.265 e. The normalized spacial score (nSPS) is 12.1. The van der Waals surface area contributed by atoms with Crippen LogP contribution in [0.4, 0.5) is 5.69 Å². The third-order valence-electron chi connectivity index (χ3n) is 3.19. The van der Waals surface area contributed by atoms with Crippen molar-refractivity contribution >= 4 is 39.1 Å². The molecule has 0 aliphatic heterocycles. The Morgan fingerprint density at radius 3 is 2.35 bits per heavy atom. The van der Waals surface area contributed by atoms with Crippen molar-refractivity contribution < 1.29 is 22.7 Å². The fourth-order valence-corrected chi connectivity index (χ4v) is 3.18. The molecule has 0 unspecified atom stereocenters. The van der Waals surface area contributed by atoms with Gasteiger partial charge in [-0.25, -0.2) is 13.1 Å². The number of ether oxygens (including phenoxy) is 1. The van der Waals surface area contributed by atoms with Crippen LogP contribution in [0.2, 0.25) is 5.02 Å². The average Bonchev–Trinajstić information content (AvgIpc) is 2.54. The summed E-state index contributed by atoms with van der Waals surface area (Å²) in [5.74, 6) is -0.645. The largest absolute Gasteiger partial charge is 0.481 e. The van der Waals surface area contributed by atoms with Crippen LogP contribution in [-0.4, -0.2) is 26.3 Å². The highest BCUT2D eigenvalue weighted by atomic mass is 35.5. The Hall–Kier alpha value is -2.58. The van der Waals surface area contributed by atoms with Crippen LogP contribution in [0.25, 0.3) is 0 Å². The SMILES string of the molecule is CC(=O)NS(=O)(=O)c1ccc(NC(=O)[C@@H](C)Oc2cccc(Cl)c2)cc1. The highest BCUT2D eigenvalue weighted by molar-refractivity contribution is 7.90. The first-order valence-electron chi connectivity index (χ1n) is 7.54. The number of hydrogen-bond donors (Lipinski definition) is 2. The number of benzene rings is 2. The van der Waals surface area contributed by atoms with Gasteiger partial charge in [-0.1, -0.05) is 17.7 Å². The second-order valence-corrected chi connectivity index (χ2v) is 7.51. The number of nitrogens with one attached hydrogen (secondary N) is 2. The van der Waals surface area contributed by atoms with E-state index in [4.69, 9.17) is 16.3 Å². The lowest BCUT2D eigenvalue weighted by Gasteiger charge is -2.15. The van der Waals surface area contributed by atoms with Gasteiger partial charge in [0.05, 0.1) is 4.90 Å². The number of hydrogen-bond acceptors (Lipinski definition) is 5. The summed E-state index contributed by atoms with van der Waals surface area (Å²) in [4.78, 5) is 23.0. The minimum Gasteiger partial charge on any atom is -0.481 e. The van der Waals surface area contributed by atoms with Crippen LogP contribution < -0.4 is 14.8 Å². The molecule has 1 atom stereocenters. The van der Waals surface area contributed by atoms with E-state index in [1.807, 2.05) is 4.72 Å². The summed E-state index contributed by atoms with van der Waals surface area (Å²) in [5.41, 5.74) is 0.387. The standard InChI is InChI=1S/C17H17ClN2O5S/c1-11(25-15-5-3-4-13(18)10-15)17(22)19-14-6-8-16(9-7-14)26(23,24)20-12(2)21/h3-11H,1-2H3,(H,19,22)(H,20,21)/t11-/m1/s1. The van der Waals surface area contributed by atoms with Crippen molar-refractivity contribution in [3.8, 4) is 5.75 Å². The smallest absolute Gasteiger partial charge is 0.265 e. The minimum atomic E-state index is -3.92. The summed E-state index contributed by atoms with van der Waals surface area (Å²) >= 11 is 5.86. The van der Waals surface area contributed by atoms with E-state index in [-0.39, 0.29) is 4.90 Å². The molecule has 0 saturated heterocycles. The van der Waals surface area contributed by atoms with E-state index in [0.29, 0.717) is 16.5 Å². The molecule has 9 heteroatoms. The number of amides is 2. The van der Waals surface area contributed by atoms with Crippen LogP contribution in [-0.2, 0) is 19.6 Å². The van der Waals surface area contributed by atoms with Crippen LogP contribution in [0.3, 0.4) is 0 Å². The molecule has 2 aromatic rings. The molecule has 0 bridgehead atoms. The van der Waals surface area contributed by atoms with E-state index in [2.05, 4.69) is 5.32 Å². The summed E-state index contributed by atoms with van der Waals surface area (Å²) in [6.45, 7) is 2.68. The number of halogens is 1. The summed E-state index contributed by atoms with van der Waals surface area (Å²) in [6, 6.07) is 12.1. The molecule has 7 nitrogen and oxygen atoms in total. The second-order valence-electron chi connectivity index (χ2n) is 5.39. The Labute approximate surface area is 156 Å². The molecule has 2 rings (SSSR count). The highest BCUT2D eigenvalue weighted by Crippen LogP contribution is 2.19. The molecule has 0 saturated carbocycles. The molecular weight excluding hydrogens is 380 g/mol. The van der Waals surface area contributed by atoms with Crippen molar-refractivity contribution in [2.24, 2.45) is 0 Å². The molecule has 0 fully saturated rings. The van der Waals surface area contributed by atoms with Gasteiger partial charge in [-0.15, -0.1) is 0 Å². The van der Waals surface area contributed by atoms with Crippen LogP contribution in [0.5, 0.6) is 5.75 Å². The Morgan fingerprint density at radius 2 is 1.77 bits per heavy atom. The van der Waals surface area contributed by atoms with Crippen molar-refractivity contribution in [1.29, 1.82) is 0 Å². The number of anilines is 1. The minimum absolute atomic E-state index is 0.0890. The molecular formula is C17H17ClN2O5S. The quantitative estimate of drug-likeness (QED) is 0.781. The Morgan fingerprint density at radius 1 is 1.12 bits per heavy atom. The molecule has 2 amide bonds. The fraction of sp³-hybridized carbons (Fsp3) is 0.176. The van der Waals surface area contributed by atoms with Crippen molar-refractivity contribution in [3.63, 3.8) is 0 Å². The molecule has 0 spiro atoms. The molecule has 138 valence electrons. The van der Waals surface area contributed by atoms with Gasteiger partial charge in [0.15, 0.2) is 6.10 Å². The fourth-order valence-electron chi connectivity index (χ4n) is 2.01. The van der Waals surface area contributed by atoms with Crippen LogP contribution in [0, 0.1) is 0 Å². The molecule has 0 aromatic heterocycles. The third kappa shape index (κ3) is 5.47. The Bertz CT molecular complexity index is 913. The van der Waals surface area contributed by atoms with Gasteiger partial charge in [-0.05, 0) is 49.4 Å². The zero-order chi connectivity index (χ0) is 19.3. The zero-order valence-electron chi connectivity index (χ0n) is 14.0. The van der Waals surface area contributed by atoms with Crippen molar-refractivity contribution in [2.75, 3.05) is 5.32 Å². The van der Waals surface area contributed by atoms with E-state index < -0.39 is 27.9 Å². The van der Waals surface area contributed by atoms with Gasteiger partial charge in [0.1, 0.15) is 5.75 Å². The predicted octanol–water partition coefficient (Wildman–Crippen LogP) is 2.57. The van der Waals surface area contributed by atoms with Crippen LogP contribution in [0.15, 0.2) is 53.4 Å². The maximum atomic E-state index is 12.2. The maximum absolute atomic E-state index is 12.2. The van der Waals surface area contributed by atoms with Gasteiger partial charge in [-0.3, -0.25) is 9.59 Å². The predicted molar refractivity (Wildman–Crippen MR) is 97.6 cm³/mol. The molecule has 2 N–H and O–H groups in total. The molecule has 0 radical (unpaired) electrons. The number of carbonyl (C=O) groups excluding carboxylic acids is 2. The topological polar surface area (TPSA) is 102 Å². The van der Waals surface area contributed by atoms with Crippen LogP contribution in [0.1, 0.15) is 13.8 Å². The van der Waals surface area contributed by atoms with Gasteiger partial charge in [0, 0.05) is 17.6 Å². The zero-order valence-corrected chi connectivity index (χ0v) is 15.6. The Balaban J connectivity index is 2.01. The van der Waals surface area contributed by atoms with E-state index in [1.165, 1.54) is 24.3 Å². The first-order chi connectivity index (χ1) is 12.2. The van der Waals surface area contributed by atoms with Crippen molar-refractivity contribution in [1.82, 2.24) is 4.72 Å².